The molecule has 92 valence electrons. The number of alkyl halides is 3. The van der Waals surface area contributed by atoms with Gasteiger partial charge in [-0.1, -0.05) is 11.6 Å². The molecule has 1 aromatic rings. The monoisotopic (exact) mass is 269 g/mol. The molecule has 0 spiro atoms. The Morgan fingerprint density at radius 3 is 2.41 bits per heavy atom. The van der Waals surface area contributed by atoms with Crippen molar-refractivity contribution in [2.45, 2.75) is 12.6 Å². The van der Waals surface area contributed by atoms with Crippen LogP contribution in [0.25, 0.3) is 0 Å². The van der Waals surface area contributed by atoms with E-state index in [2.05, 4.69) is 4.98 Å². The Morgan fingerprint density at radius 1 is 1.35 bits per heavy atom. The first-order chi connectivity index (χ1) is 7.71. The summed E-state index contributed by atoms with van der Waals surface area (Å²) < 4.78 is 48.6. The molecule has 8 heteroatoms. The molecule has 17 heavy (non-hydrogen) atoms. The summed E-state index contributed by atoms with van der Waals surface area (Å²) in [6.07, 6.45) is -5.70. The number of rotatable bonds is 3. The molecule has 1 aromatic heterocycles. The van der Waals surface area contributed by atoms with E-state index in [1.54, 1.807) is 0 Å². The van der Waals surface area contributed by atoms with E-state index in [4.69, 9.17) is 11.6 Å². The summed E-state index contributed by atoms with van der Waals surface area (Å²) in [6.45, 7) is 0. The van der Waals surface area contributed by atoms with Crippen LogP contribution in [0.3, 0.4) is 0 Å². The van der Waals surface area contributed by atoms with Crippen LogP contribution >= 0.6 is 11.6 Å². The maximum atomic E-state index is 13.1. The van der Waals surface area contributed by atoms with Gasteiger partial charge in [0.25, 0.3) is 0 Å². The number of carbonyl (C=O) groups is 2. The number of aromatic nitrogens is 1. The fourth-order valence-corrected chi connectivity index (χ4v) is 1.09. The average molecular weight is 270 g/mol. The van der Waals surface area contributed by atoms with Gasteiger partial charge in [0.05, 0.1) is 11.4 Å². The zero-order valence-electron chi connectivity index (χ0n) is 8.02. The van der Waals surface area contributed by atoms with Gasteiger partial charge in [-0.25, -0.2) is 9.37 Å². The first-order valence-electron chi connectivity index (χ1n) is 4.16. The predicted molar refractivity (Wildman–Crippen MR) is 49.2 cm³/mol. The van der Waals surface area contributed by atoms with Crippen molar-refractivity contribution in [2.24, 2.45) is 0 Å². The quantitative estimate of drug-likeness (QED) is 0.481. The lowest BCUT2D eigenvalue weighted by molar-refractivity contribution is -0.170. The SMILES string of the molecule is O=C(CC(=O)C(F)(F)F)c1ncc(Cl)cc1F. The molecule has 0 saturated heterocycles. The molecule has 0 aliphatic carbocycles. The summed E-state index contributed by atoms with van der Waals surface area (Å²) in [5, 5.41) is -0.110. The first-order valence-corrected chi connectivity index (χ1v) is 4.54. The minimum absolute atomic E-state index is 0.110. The highest BCUT2D eigenvalue weighted by molar-refractivity contribution is 6.30. The third-order valence-corrected chi connectivity index (χ3v) is 1.92. The molecule has 0 amide bonds. The minimum Gasteiger partial charge on any atom is -0.292 e. The van der Waals surface area contributed by atoms with E-state index >= 15 is 0 Å². The molecule has 0 N–H and O–H groups in total. The fraction of sp³-hybridized carbons (Fsp3) is 0.222. The van der Waals surface area contributed by atoms with Crippen LogP contribution in [0.5, 0.6) is 0 Å². The van der Waals surface area contributed by atoms with Gasteiger partial charge in [-0.2, -0.15) is 13.2 Å². The minimum atomic E-state index is -5.13. The Kier molecular flexibility index (Phi) is 3.82. The standard InChI is InChI=1S/C9H4ClF4NO2/c10-4-1-5(11)8(15-3-4)6(16)2-7(17)9(12,13)14/h1,3H,2H2. The number of Topliss-reactive ketones (excluding diaryl/α,β-unsaturated/α-hetero) is 2. The number of hydrogen-bond donors (Lipinski definition) is 0. The Hall–Kier alpha value is -1.50. The molecule has 1 heterocycles. The van der Waals surface area contributed by atoms with Gasteiger partial charge in [0.1, 0.15) is 5.69 Å². The number of halogens is 5. The van der Waals surface area contributed by atoms with Gasteiger partial charge in [-0.15, -0.1) is 0 Å². The summed E-state index contributed by atoms with van der Waals surface area (Å²) in [4.78, 5) is 24.9. The first kappa shape index (κ1) is 13.6. The highest BCUT2D eigenvalue weighted by Gasteiger charge is 2.39. The molecular weight excluding hydrogens is 266 g/mol. The largest absolute Gasteiger partial charge is 0.450 e. The van der Waals surface area contributed by atoms with E-state index in [1.165, 1.54) is 0 Å². The topological polar surface area (TPSA) is 47.0 Å². The van der Waals surface area contributed by atoms with Crippen molar-refractivity contribution in [2.75, 3.05) is 0 Å². The number of nitrogens with zero attached hydrogens (tertiary/aromatic N) is 1. The molecule has 1 rings (SSSR count). The van der Waals surface area contributed by atoms with Gasteiger partial charge in [0, 0.05) is 6.20 Å². The Bertz CT molecular complexity index is 473. The number of pyridine rings is 1. The average Bonchev–Trinajstić information content (AvgIpc) is 2.15. The fourth-order valence-electron chi connectivity index (χ4n) is 0.950. The van der Waals surface area contributed by atoms with Crippen LogP contribution in [0.4, 0.5) is 17.6 Å². The third kappa shape index (κ3) is 3.48. The Labute approximate surface area is 97.4 Å². The molecule has 0 bridgehead atoms. The summed E-state index contributed by atoms with van der Waals surface area (Å²) in [6, 6.07) is 0.722. The molecule has 0 aliphatic heterocycles. The van der Waals surface area contributed by atoms with Crippen molar-refractivity contribution >= 4 is 23.2 Å². The van der Waals surface area contributed by atoms with Gasteiger partial charge in [0.15, 0.2) is 11.6 Å². The van der Waals surface area contributed by atoms with E-state index in [0.717, 1.165) is 12.3 Å². The Morgan fingerprint density at radius 2 is 1.94 bits per heavy atom. The number of hydrogen-bond acceptors (Lipinski definition) is 3. The number of ketones is 2. The van der Waals surface area contributed by atoms with Gasteiger partial charge in [0.2, 0.25) is 5.78 Å². The lowest BCUT2D eigenvalue weighted by Gasteiger charge is -2.04. The van der Waals surface area contributed by atoms with Gasteiger partial charge < -0.3 is 0 Å². The molecule has 0 saturated carbocycles. The molecule has 0 aliphatic rings. The second-order valence-corrected chi connectivity index (χ2v) is 3.44. The van der Waals surface area contributed by atoms with Crippen LogP contribution in [0.1, 0.15) is 16.9 Å². The van der Waals surface area contributed by atoms with Gasteiger partial charge >= 0.3 is 6.18 Å². The van der Waals surface area contributed by atoms with Crippen LogP contribution in [0, 0.1) is 5.82 Å². The zero-order chi connectivity index (χ0) is 13.2. The van der Waals surface area contributed by atoms with Crippen LogP contribution in [0.15, 0.2) is 12.3 Å². The van der Waals surface area contributed by atoms with Crippen LogP contribution in [-0.4, -0.2) is 22.7 Å². The van der Waals surface area contributed by atoms with Crippen LogP contribution < -0.4 is 0 Å². The second-order valence-electron chi connectivity index (χ2n) is 3.00. The van der Waals surface area contributed by atoms with E-state index < -0.39 is 35.7 Å². The highest BCUT2D eigenvalue weighted by atomic mass is 35.5. The van der Waals surface area contributed by atoms with E-state index in [0.29, 0.717) is 0 Å². The summed E-state index contributed by atoms with van der Waals surface area (Å²) in [5.74, 6) is -4.77. The summed E-state index contributed by atoms with van der Waals surface area (Å²) >= 11 is 5.34. The van der Waals surface area contributed by atoms with Crippen LogP contribution in [0.2, 0.25) is 5.02 Å². The van der Waals surface area contributed by atoms with Crippen molar-refractivity contribution in [1.29, 1.82) is 0 Å². The predicted octanol–water partition coefficient (Wildman–Crippen LogP) is 2.58. The summed E-state index contributed by atoms with van der Waals surface area (Å²) in [7, 11) is 0. The molecule has 0 radical (unpaired) electrons. The van der Waals surface area contributed by atoms with Crippen molar-refractivity contribution in [3.63, 3.8) is 0 Å². The molecular formula is C9H4ClF4NO2. The lowest BCUT2D eigenvalue weighted by Crippen LogP contribution is -2.26. The van der Waals surface area contributed by atoms with Crippen molar-refractivity contribution in [3.05, 3.63) is 28.8 Å². The normalized spacial score (nSPS) is 11.4. The third-order valence-electron chi connectivity index (χ3n) is 1.71. The molecule has 0 atom stereocenters. The van der Waals surface area contributed by atoms with Crippen molar-refractivity contribution in [1.82, 2.24) is 4.98 Å². The molecule has 0 unspecified atom stereocenters. The smallest absolute Gasteiger partial charge is 0.292 e. The number of carbonyl (C=O) groups excluding carboxylic acids is 2. The maximum absolute atomic E-state index is 13.1. The van der Waals surface area contributed by atoms with Crippen LogP contribution in [-0.2, 0) is 4.79 Å². The zero-order valence-corrected chi connectivity index (χ0v) is 8.77. The van der Waals surface area contributed by atoms with Gasteiger partial charge in [-0.05, 0) is 6.07 Å². The van der Waals surface area contributed by atoms with E-state index in [1.807, 2.05) is 0 Å². The van der Waals surface area contributed by atoms with E-state index in [9.17, 15) is 27.2 Å². The second kappa shape index (κ2) is 4.79. The molecule has 3 nitrogen and oxygen atoms in total. The molecule has 0 aromatic carbocycles. The summed E-state index contributed by atoms with van der Waals surface area (Å²) in [5.41, 5.74) is -0.841. The lowest BCUT2D eigenvalue weighted by atomic mass is 10.1. The highest BCUT2D eigenvalue weighted by Crippen LogP contribution is 2.20. The van der Waals surface area contributed by atoms with Crippen molar-refractivity contribution in [3.8, 4) is 0 Å². The van der Waals surface area contributed by atoms with Crippen molar-refractivity contribution < 1.29 is 27.2 Å². The van der Waals surface area contributed by atoms with E-state index in [-0.39, 0.29) is 5.02 Å². The molecule has 0 fully saturated rings. The van der Waals surface area contributed by atoms with Gasteiger partial charge in [-0.3, -0.25) is 9.59 Å². The maximum Gasteiger partial charge on any atom is 0.450 e. The Balaban J connectivity index is 2.88.